The van der Waals surface area contributed by atoms with Crippen molar-refractivity contribution in [1.82, 2.24) is 10.6 Å². The van der Waals surface area contributed by atoms with Gasteiger partial charge >= 0.3 is 6.09 Å². The highest BCUT2D eigenvalue weighted by Crippen LogP contribution is 2.06. The van der Waals surface area contributed by atoms with Crippen molar-refractivity contribution in [3.63, 3.8) is 0 Å². The van der Waals surface area contributed by atoms with Crippen LogP contribution in [-0.2, 0) is 4.74 Å². The largest absolute Gasteiger partial charge is 0.444 e. The molecule has 0 aliphatic rings. The molecule has 0 fully saturated rings. The Morgan fingerprint density at radius 1 is 1.41 bits per heavy atom. The molecule has 0 spiro atoms. The van der Waals surface area contributed by atoms with Crippen LogP contribution < -0.4 is 16.4 Å². The average molecular weight is 245 g/mol. The number of nitrogens with one attached hydrogen (secondary N) is 2. The van der Waals surface area contributed by atoms with Gasteiger partial charge in [-0.05, 0) is 34.1 Å². The van der Waals surface area contributed by atoms with Crippen LogP contribution in [0.25, 0.3) is 0 Å². The van der Waals surface area contributed by atoms with Crippen LogP contribution in [0, 0.1) is 0 Å². The van der Waals surface area contributed by atoms with Gasteiger partial charge in [0.25, 0.3) is 0 Å². The summed E-state index contributed by atoms with van der Waals surface area (Å²) in [4.78, 5) is 11.4. The molecule has 0 aromatic heterocycles. The van der Waals surface area contributed by atoms with Gasteiger partial charge in [-0.15, -0.1) is 0 Å². The summed E-state index contributed by atoms with van der Waals surface area (Å²) in [7, 11) is 0. The minimum Gasteiger partial charge on any atom is -0.444 e. The second-order valence-electron chi connectivity index (χ2n) is 5.29. The molecule has 102 valence electrons. The van der Waals surface area contributed by atoms with Gasteiger partial charge < -0.3 is 21.1 Å². The Labute approximate surface area is 104 Å². The highest BCUT2D eigenvalue weighted by atomic mass is 16.6. The van der Waals surface area contributed by atoms with E-state index in [4.69, 9.17) is 10.5 Å². The smallest absolute Gasteiger partial charge is 0.407 e. The first-order valence-corrected chi connectivity index (χ1v) is 6.21. The van der Waals surface area contributed by atoms with Crippen molar-refractivity contribution in [2.45, 2.75) is 58.7 Å². The molecule has 5 heteroatoms. The Morgan fingerprint density at radius 2 is 2.00 bits per heavy atom. The summed E-state index contributed by atoms with van der Waals surface area (Å²) in [6, 6.07) is 0.474. The lowest BCUT2D eigenvalue weighted by Gasteiger charge is -2.23. The van der Waals surface area contributed by atoms with E-state index in [1.165, 1.54) is 0 Å². The third-order valence-electron chi connectivity index (χ3n) is 2.26. The maximum absolute atomic E-state index is 11.4. The van der Waals surface area contributed by atoms with Gasteiger partial charge in [0.1, 0.15) is 5.60 Å². The van der Waals surface area contributed by atoms with E-state index in [2.05, 4.69) is 17.6 Å². The van der Waals surface area contributed by atoms with Gasteiger partial charge in [-0.25, -0.2) is 4.79 Å². The second-order valence-corrected chi connectivity index (χ2v) is 5.29. The molecule has 5 nitrogen and oxygen atoms in total. The zero-order valence-corrected chi connectivity index (χ0v) is 11.7. The quantitative estimate of drug-likeness (QED) is 0.658. The lowest BCUT2D eigenvalue weighted by Crippen LogP contribution is -2.47. The average Bonchev–Trinajstić information content (AvgIpc) is 2.21. The van der Waals surface area contributed by atoms with Crippen LogP contribution in [0.2, 0.25) is 0 Å². The van der Waals surface area contributed by atoms with Crippen molar-refractivity contribution in [1.29, 1.82) is 0 Å². The second kappa shape index (κ2) is 7.50. The van der Waals surface area contributed by atoms with E-state index in [0.29, 0.717) is 13.1 Å². The lowest BCUT2D eigenvalue weighted by atomic mass is 10.2. The number of carbonyl (C=O) groups excluding carboxylic acids is 1. The van der Waals surface area contributed by atoms with E-state index in [-0.39, 0.29) is 18.2 Å². The van der Waals surface area contributed by atoms with Crippen molar-refractivity contribution in [3.8, 4) is 0 Å². The molecule has 0 radical (unpaired) electrons. The fraction of sp³-hybridized carbons (Fsp3) is 0.917. The lowest BCUT2D eigenvalue weighted by molar-refractivity contribution is 0.0521. The van der Waals surface area contributed by atoms with E-state index in [1.807, 2.05) is 27.7 Å². The first-order chi connectivity index (χ1) is 7.78. The minimum atomic E-state index is -0.455. The molecular weight excluding hydrogens is 218 g/mol. The number of hydrogen-bond donors (Lipinski definition) is 3. The van der Waals surface area contributed by atoms with Gasteiger partial charge in [0, 0.05) is 25.2 Å². The first kappa shape index (κ1) is 16.2. The highest BCUT2D eigenvalue weighted by Gasteiger charge is 2.17. The molecular formula is C12H27N3O2. The summed E-state index contributed by atoms with van der Waals surface area (Å²) in [5.74, 6) is 0. The SMILES string of the molecule is CCC(CNC(=O)OC(C)(C)C)NC(C)CN. The van der Waals surface area contributed by atoms with Gasteiger partial charge in [0.15, 0.2) is 0 Å². The van der Waals surface area contributed by atoms with Gasteiger partial charge in [-0.1, -0.05) is 6.92 Å². The van der Waals surface area contributed by atoms with Crippen molar-refractivity contribution in [2.24, 2.45) is 5.73 Å². The van der Waals surface area contributed by atoms with E-state index in [9.17, 15) is 4.79 Å². The number of hydrogen-bond acceptors (Lipinski definition) is 4. The fourth-order valence-electron chi connectivity index (χ4n) is 1.31. The number of alkyl carbamates (subject to hydrolysis) is 1. The summed E-state index contributed by atoms with van der Waals surface area (Å²) in [6.45, 7) is 10.8. The van der Waals surface area contributed by atoms with E-state index >= 15 is 0 Å². The summed E-state index contributed by atoms with van der Waals surface area (Å²) in [5, 5.41) is 6.09. The van der Waals surface area contributed by atoms with Crippen LogP contribution in [0.15, 0.2) is 0 Å². The van der Waals surface area contributed by atoms with Crippen molar-refractivity contribution < 1.29 is 9.53 Å². The molecule has 1 amide bonds. The minimum absolute atomic E-state index is 0.223. The molecule has 2 unspecified atom stereocenters. The number of carbonyl (C=O) groups is 1. The molecule has 0 heterocycles. The zero-order valence-electron chi connectivity index (χ0n) is 11.7. The Morgan fingerprint density at radius 3 is 2.41 bits per heavy atom. The molecule has 2 atom stereocenters. The fourth-order valence-corrected chi connectivity index (χ4v) is 1.31. The summed E-state index contributed by atoms with van der Waals surface area (Å²) in [5.41, 5.74) is 5.09. The molecule has 0 bridgehead atoms. The van der Waals surface area contributed by atoms with Crippen molar-refractivity contribution in [2.75, 3.05) is 13.1 Å². The van der Waals surface area contributed by atoms with Gasteiger partial charge in [0.05, 0.1) is 0 Å². The van der Waals surface area contributed by atoms with E-state index in [0.717, 1.165) is 6.42 Å². The Balaban J connectivity index is 3.94. The third-order valence-corrected chi connectivity index (χ3v) is 2.26. The standard InChI is InChI=1S/C12H27N3O2/c1-6-10(15-9(2)7-13)8-14-11(16)17-12(3,4)5/h9-10,15H,6-8,13H2,1-5H3,(H,14,16). The topological polar surface area (TPSA) is 76.4 Å². The third kappa shape index (κ3) is 8.94. The zero-order chi connectivity index (χ0) is 13.5. The van der Waals surface area contributed by atoms with Crippen molar-refractivity contribution >= 4 is 6.09 Å². The predicted octanol–water partition coefficient (Wildman–Crippen LogP) is 1.23. The van der Waals surface area contributed by atoms with Gasteiger partial charge in [0.2, 0.25) is 0 Å². The van der Waals surface area contributed by atoms with Crippen LogP contribution in [0.1, 0.15) is 41.0 Å². The van der Waals surface area contributed by atoms with E-state index < -0.39 is 5.60 Å². The maximum Gasteiger partial charge on any atom is 0.407 e. The molecule has 0 aliphatic heterocycles. The summed E-state index contributed by atoms with van der Waals surface area (Å²) >= 11 is 0. The molecule has 0 aliphatic carbocycles. The summed E-state index contributed by atoms with van der Waals surface area (Å²) in [6.07, 6.45) is 0.554. The highest BCUT2D eigenvalue weighted by molar-refractivity contribution is 5.67. The predicted molar refractivity (Wildman–Crippen MR) is 70.0 cm³/mol. The van der Waals surface area contributed by atoms with Crippen LogP contribution in [0.5, 0.6) is 0 Å². The molecule has 17 heavy (non-hydrogen) atoms. The Kier molecular flexibility index (Phi) is 7.15. The number of ether oxygens (including phenoxy) is 1. The first-order valence-electron chi connectivity index (χ1n) is 6.21. The number of rotatable bonds is 6. The maximum atomic E-state index is 11.4. The normalized spacial score (nSPS) is 15.2. The summed E-state index contributed by atoms with van der Waals surface area (Å²) < 4.78 is 5.16. The van der Waals surface area contributed by atoms with Crippen LogP contribution >= 0.6 is 0 Å². The molecule has 0 aromatic carbocycles. The number of nitrogens with two attached hydrogens (primary N) is 1. The van der Waals surface area contributed by atoms with Crippen molar-refractivity contribution in [3.05, 3.63) is 0 Å². The van der Waals surface area contributed by atoms with Gasteiger partial charge in [-0.2, -0.15) is 0 Å². The molecule has 0 aromatic rings. The molecule has 0 rings (SSSR count). The van der Waals surface area contributed by atoms with Gasteiger partial charge in [-0.3, -0.25) is 0 Å². The molecule has 4 N–H and O–H groups in total. The van der Waals surface area contributed by atoms with E-state index in [1.54, 1.807) is 0 Å². The molecule has 0 saturated carbocycles. The van der Waals surface area contributed by atoms with Crippen LogP contribution in [-0.4, -0.2) is 36.9 Å². The van der Waals surface area contributed by atoms with Crippen LogP contribution in [0.3, 0.4) is 0 Å². The Hall–Kier alpha value is -0.810. The Bertz CT molecular complexity index is 226. The molecule has 0 saturated heterocycles. The van der Waals surface area contributed by atoms with Crippen LogP contribution in [0.4, 0.5) is 4.79 Å². The number of amides is 1. The monoisotopic (exact) mass is 245 g/mol.